The predicted molar refractivity (Wildman–Crippen MR) is 117 cm³/mol. The summed E-state index contributed by atoms with van der Waals surface area (Å²) < 4.78 is 89.7. The Morgan fingerprint density at radius 2 is 1.84 bits per heavy atom. The minimum Gasteiger partial charge on any atom is -0.427 e. The zero-order valence-electron chi connectivity index (χ0n) is 19.6. The van der Waals surface area contributed by atoms with E-state index in [0.29, 0.717) is 31.6 Å². The topological polar surface area (TPSA) is 160 Å². The first-order chi connectivity index (χ1) is 17.6. The molecular formula is C22H21F6N5O5. The van der Waals surface area contributed by atoms with E-state index >= 15 is 0 Å². The van der Waals surface area contributed by atoms with Gasteiger partial charge in [-0.2, -0.15) is 26.3 Å². The number of primary amides is 1. The van der Waals surface area contributed by atoms with Crippen LogP contribution in [0.15, 0.2) is 24.4 Å². The molecule has 16 heteroatoms. The summed E-state index contributed by atoms with van der Waals surface area (Å²) in [4.78, 5) is 44.1. The van der Waals surface area contributed by atoms with Gasteiger partial charge >= 0.3 is 23.9 Å². The van der Waals surface area contributed by atoms with Gasteiger partial charge in [0.1, 0.15) is 0 Å². The van der Waals surface area contributed by atoms with Crippen LogP contribution < -0.4 is 16.8 Å². The number of nitrogens with zero attached hydrogens (tertiary/aromatic N) is 2. The molecule has 0 radical (unpaired) electrons. The molecule has 1 aromatic carbocycles. The summed E-state index contributed by atoms with van der Waals surface area (Å²) in [5.41, 5.74) is 4.33. The Kier molecular flexibility index (Phi) is 7.86. The number of esters is 1. The number of amides is 2. The molecule has 0 spiro atoms. The third-order valence-electron chi connectivity index (χ3n) is 5.65. The SMILES string of the molecule is Cc1ccc(C(OC(=O)C(F)(F)F)(C(N)=O)C(F)(F)F)cc1-c1cnc(N)c(C(=O)N[C@@H]2CCCOC2)n1. The molecule has 1 aromatic heterocycles. The highest BCUT2D eigenvalue weighted by Crippen LogP contribution is 2.44. The van der Waals surface area contributed by atoms with Gasteiger partial charge in [-0.3, -0.25) is 9.59 Å². The number of hydrogen-bond acceptors (Lipinski definition) is 8. The largest absolute Gasteiger partial charge is 0.490 e. The van der Waals surface area contributed by atoms with Crippen LogP contribution >= 0.6 is 0 Å². The number of nitrogens with two attached hydrogens (primary N) is 2. The summed E-state index contributed by atoms with van der Waals surface area (Å²) in [6, 6.07) is 1.90. The lowest BCUT2D eigenvalue weighted by Gasteiger charge is -2.33. The second-order valence-electron chi connectivity index (χ2n) is 8.34. The fourth-order valence-electron chi connectivity index (χ4n) is 3.73. The van der Waals surface area contributed by atoms with E-state index in [0.717, 1.165) is 12.3 Å². The fraction of sp³-hybridized carbons (Fsp3) is 0.409. The number of aromatic nitrogens is 2. The molecule has 3 rings (SSSR count). The fourth-order valence-corrected chi connectivity index (χ4v) is 3.73. The van der Waals surface area contributed by atoms with Crippen LogP contribution in [0, 0.1) is 6.92 Å². The van der Waals surface area contributed by atoms with Crippen LogP contribution in [0.4, 0.5) is 32.2 Å². The Labute approximate surface area is 210 Å². The Balaban J connectivity index is 2.10. The van der Waals surface area contributed by atoms with Gasteiger partial charge in [-0.1, -0.05) is 12.1 Å². The lowest BCUT2D eigenvalue weighted by molar-refractivity contribution is -0.280. The lowest BCUT2D eigenvalue weighted by Crippen LogP contribution is -2.57. The number of nitrogen functional groups attached to an aromatic ring is 1. The molecule has 38 heavy (non-hydrogen) atoms. The van der Waals surface area contributed by atoms with Crippen LogP contribution in [0.25, 0.3) is 11.3 Å². The summed E-state index contributed by atoms with van der Waals surface area (Å²) in [7, 11) is 0. The van der Waals surface area contributed by atoms with E-state index < -0.39 is 41.3 Å². The highest BCUT2D eigenvalue weighted by molar-refractivity contribution is 5.97. The third kappa shape index (κ3) is 5.64. The summed E-state index contributed by atoms with van der Waals surface area (Å²) >= 11 is 0. The molecule has 1 fully saturated rings. The molecule has 206 valence electrons. The number of anilines is 1. The average molecular weight is 549 g/mol. The maximum atomic E-state index is 14.1. The van der Waals surface area contributed by atoms with Gasteiger partial charge in [0.25, 0.3) is 11.8 Å². The maximum absolute atomic E-state index is 14.1. The van der Waals surface area contributed by atoms with Gasteiger partial charge in [-0.15, -0.1) is 0 Å². The number of nitrogens with one attached hydrogen (secondary N) is 1. The molecular weight excluding hydrogens is 528 g/mol. The van der Waals surface area contributed by atoms with Crippen molar-refractivity contribution < 1.29 is 50.2 Å². The van der Waals surface area contributed by atoms with Crippen molar-refractivity contribution in [3.8, 4) is 11.3 Å². The van der Waals surface area contributed by atoms with E-state index in [1.807, 2.05) is 0 Å². The van der Waals surface area contributed by atoms with Crippen LogP contribution in [0.3, 0.4) is 0 Å². The number of hydrogen-bond donors (Lipinski definition) is 3. The van der Waals surface area contributed by atoms with Crippen molar-refractivity contribution in [1.29, 1.82) is 0 Å². The van der Waals surface area contributed by atoms with E-state index in [9.17, 15) is 40.7 Å². The summed E-state index contributed by atoms with van der Waals surface area (Å²) in [6.07, 6.45) is -9.45. The van der Waals surface area contributed by atoms with Crippen molar-refractivity contribution >= 4 is 23.6 Å². The van der Waals surface area contributed by atoms with Crippen molar-refractivity contribution in [2.45, 2.75) is 43.8 Å². The Hall–Kier alpha value is -3.95. The van der Waals surface area contributed by atoms with Crippen LogP contribution in [-0.2, 0) is 24.7 Å². The van der Waals surface area contributed by atoms with Gasteiger partial charge in [-0.05, 0) is 31.4 Å². The molecule has 0 aliphatic carbocycles. The van der Waals surface area contributed by atoms with Gasteiger partial charge in [-0.25, -0.2) is 14.8 Å². The normalized spacial score (nSPS) is 17.8. The predicted octanol–water partition coefficient (Wildman–Crippen LogP) is 2.29. The van der Waals surface area contributed by atoms with Gasteiger partial charge in [0.15, 0.2) is 11.5 Å². The van der Waals surface area contributed by atoms with Crippen molar-refractivity contribution in [2.24, 2.45) is 5.73 Å². The summed E-state index contributed by atoms with van der Waals surface area (Å²) in [5, 5.41) is 2.66. The van der Waals surface area contributed by atoms with Crippen LogP contribution in [0.5, 0.6) is 0 Å². The van der Waals surface area contributed by atoms with Gasteiger partial charge in [0.2, 0.25) is 0 Å². The number of halogens is 6. The summed E-state index contributed by atoms with van der Waals surface area (Å²) in [5.74, 6) is -6.76. The molecule has 5 N–H and O–H groups in total. The first-order valence-electron chi connectivity index (χ1n) is 10.9. The molecule has 2 aromatic rings. The molecule has 0 saturated carbocycles. The minimum atomic E-state index is -5.90. The molecule has 2 atom stereocenters. The van der Waals surface area contributed by atoms with E-state index in [1.54, 1.807) is 0 Å². The first kappa shape index (κ1) is 28.6. The van der Waals surface area contributed by atoms with Gasteiger partial charge in [0, 0.05) is 17.7 Å². The van der Waals surface area contributed by atoms with Gasteiger partial charge < -0.3 is 26.3 Å². The number of benzene rings is 1. The highest BCUT2D eigenvalue weighted by Gasteiger charge is 2.66. The Morgan fingerprint density at radius 1 is 1.16 bits per heavy atom. The Morgan fingerprint density at radius 3 is 2.39 bits per heavy atom. The number of rotatable bonds is 6. The maximum Gasteiger partial charge on any atom is 0.490 e. The highest BCUT2D eigenvalue weighted by atomic mass is 19.4. The molecule has 1 aliphatic heterocycles. The molecule has 1 saturated heterocycles. The standard InChI is InChI=1S/C22H21F6N5O5/c1-10-4-5-11(20(18(30)35,22(26,27)28)38-19(36)21(23,24)25)7-13(10)14-8-31-16(29)15(33-14)17(34)32-12-3-2-6-37-9-12/h4-5,7-8,12H,2-3,6,9H2,1H3,(H2,29,31)(H2,30,35)(H,32,34)/t12-,20?/m1/s1. The average Bonchev–Trinajstić information content (AvgIpc) is 2.82. The number of alkyl halides is 6. The number of carbonyl (C=O) groups is 3. The molecule has 1 unspecified atom stereocenters. The number of carbonyl (C=O) groups excluding carboxylic acids is 3. The zero-order valence-corrected chi connectivity index (χ0v) is 19.6. The van der Waals surface area contributed by atoms with Gasteiger partial charge in [0.05, 0.1) is 24.5 Å². The monoisotopic (exact) mass is 549 g/mol. The quantitative estimate of drug-likeness (QED) is 0.366. The molecule has 1 aliphatic rings. The molecule has 0 bridgehead atoms. The van der Waals surface area contributed by atoms with E-state index in [-0.39, 0.29) is 41.0 Å². The van der Waals surface area contributed by atoms with Crippen LogP contribution in [0.2, 0.25) is 0 Å². The third-order valence-corrected chi connectivity index (χ3v) is 5.65. The van der Waals surface area contributed by atoms with Crippen molar-refractivity contribution in [3.63, 3.8) is 0 Å². The minimum absolute atomic E-state index is 0.192. The second kappa shape index (κ2) is 10.4. The van der Waals surface area contributed by atoms with Crippen molar-refractivity contribution in [3.05, 3.63) is 41.2 Å². The first-order valence-corrected chi connectivity index (χ1v) is 10.9. The second-order valence-corrected chi connectivity index (χ2v) is 8.34. The molecule has 2 amide bonds. The number of ether oxygens (including phenoxy) is 2. The zero-order chi connectivity index (χ0) is 28.5. The smallest absolute Gasteiger partial charge is 0.427 e. The van der Waals surface area contributed by atoms with Crippen molar-refractivity contribution in [1.82, 2.24) is 15.3 Å². The lowest BCUT2D eigenvalue weighted by atomic mass is 9.88. The number of aryl methyl sites for hydroxylation is 1. The van der Waals surface area contributed by atoms with Crippen molar-refractivity contribution in [2.75, 3.05) is 18.9 Å². The van der Waals surface area contributed by atoms with Crippen LogP contribution in [0.1, 0.15) is 34.5 Å². The van der Waals surface area contributed by atoms with E-state index in [4.69, 9.17) is 16.2 Å². The van der Waals surface area contributed by atoms with Crippen LogP contribution in [-0.4, -0.2) is 59.4 Å². The molecule has 10 nitrogen and oxygen atoms in total. The Bertz CT molecular complexity index is 1250. The van der Waals surface area contributed by atoms with E-state index in [1.165, 1.54) is 6.92 Å². The van der Waals surface area contributed by atoms with E-state index in [2.05, 4.69) is 20.0 Å². The molecule has 2 heterocycles. The summed E-state index contributed by atoms with van der Waals surface area (Å²) in [6.45, 7) is 2.17.